The highest BCUT2D eigenvalue weighted by Gasteiger charge is 2.04. The van der Waals surface area contributed by atoms with Crippen LogP contribution in [0.3, 0.4) is 0 Å². The van der Waals surface area contributed by atoms with Crippen LogP contribution < -0.4 is 20.1 Å². The first kappa shape index (κ1) is 17.5. The van der Waals surface area contributed by atoms with Gasteiger partial charge in [-0.2, -0.15) is 10.1 Å². The molecule has 0 aliphatic heterocycles. The highest BCUT2D eigenvalue weighted by molar-refractivity contribution is 5.59. The van der Waals surface area contributed by atoms with Gasteiger partial charge in [0.2, 0.25) is 5.95 Å². The smallest absolute Gasteiger partial charge is 0.249 e. The van der Waals surface area contributed by atoms with Crippen LogP contribution >= 0.6 is 0 Å². The molecule has 7 nitrogen and oxygen atoms in total. The summed E-state index contributed by atoms with van der Waals surface area (Å²) in [5.74, 6) is 2.61. The van der Waals surface area contributed by atoms with E-state index >= 15 is 0 Å². The molecule has 0 atom stereocenters. The number of hydrogen-bond donors (Lipinski definition) is 2. The van der Waals surface area contributed by atoms with E-state index in [1.165, 1.54) is 0 Å². The van der Waals surface area contributed by atoms with E-state index in [0.717, 1.165) is 22.9 Å². The molecule has 2 aromatic carbocycles. The summed E-state index contributed by atoms with van der Waals surface area (Å²) in [5.41, 5.74) is 1.73. The third-order valence-corrected chi connectivity index (χ3v) is 3.40. The Morgan fingerprint density at radius 2 is 1.46 bits per heavy atom. The molecule has 0 unspecified atom stereocenters. The van der Waals surface area contributed by atoms with Crippen molar-refractivity contribution in [1.29, 1.82) is 0 Å². The molecular weight excluding hydrogens is 330 g/mol. The standard InChI is InChI=1S/C19H21N5O2/c1-13(2)26-17-10-6-15(7-11-17)22-19-23-18(12-20-24-19)21-14-4-8-16(25-3)9-5-14/h4-13H,1-3H3,(H2,21,22,23,24). The van der Waals surface area contributed by atoms with Gasteiger partial charge in [-0.3, -0.25) is 0 Å². The summed E-state index contributed by atoms with van der Waals surface area (Å²) in [5, 5.41) is 14.3. The molecule has 7 heteroatoms. The second kappa shape index (κ2) is 8.15. The van der Waals surface area contributed by atoms with Crippen molar-refractivity contribution in [1.82, 2.24) is 15.2 Å². The second-order valence-electron chi connectivity index (χ2n) is 5.83. The minimum absolute atomic E-state index is 0.141. The molecule has 3 aromatic rings. The van der Waals surface area contributed by atoms with Crippen molar-refractivity contribution in [2.24, 2.45) is 0 Å². The van der Waals surface area contributed by atoms with E-state index in [4.69, 9.17) is 9.47 Å². The zero-order valence-corrected chi connectivity index (χ0v) is 14.9. The monoisotopic (exact) mass is 351 g/mol. The van der Waals surface area contributed by atoms with Crippen molar-refractivity contribution < 1.29 is 9.47 Å². The predicted octanol–water partition coefficient (Wildman–Crippen LogP) is 4.15. The number of ether oxygens (including phenoxy) is 2. The predicted molar refractivity (Wildman–Crippen MR) is 102 cm³/mol. The lowest BCUT2D eigenvalue weighted by molar-refractivity contribution is 0.242. The van der Waals surface area contributed by atoms with Crippen LogP contribution in [0.1, 0.15) is 13.8 Å². The van der Waals surface area contributed by atoms with Gasteiger partial charge in [-0.05, 0) is 62.4 Å². The summed E-state index contributed by atoms with van der Waals surface area (Å²) < 4.78 is 10.8. The van der Waals surface area contributed by atoms with E-state index < -0.39 is 0 Å². The van der Waals surface area contributed by atoms with Crippen LogP contribution in [0.4, 0.5) is 23.1 Å². The Morgan fingerprint density at radius 3 is 2.08 bits per heavy atom. The number of rotatable bonds is 7. The summed E-state index contributed by atoms with van der Waals surface area (Å²) in [6, 6.07) is 15.2. The Labute approximate surface area is 152 Å². The van der Waals surface area contributed by atoms with E-state index in [-0.39, 0.29) is 6.10 Å². The number of aromatic nitrogens is 3. The summed E-state index contributed by atoms with van der Waals surface area (Å²) in [4.78, 5) is 4.42. The summed E-state index contributed by atoms with van der Waals surface area (Å²) >= 11 is 0. The van der Waals surface area contributed by atoms with Crippen molar-refractivity contribution in [3.05, 3.63) is 54.7 Å². The first-order chi connectivity index (χ1) is 12.6. The van der Waals surface area contributed by atoms with E-state index in [2.05, 4.69) is 25.8 Å². The number of hydrogen-bond acceptors (Lipinski definition) is 7. The van der Waals surface area contributed by atoms with Crippen molar-refractivity contribution in [3.63, 3.8) is 0 Å². The first-order valence-electron chi connectivity index (χ1n) is 8.27. The highest BCUT2D eigenvalue weighted by Crippen LogP contribution is 2.21. The Balaban J connectivity index is 1.66. The molecule has 0 amide bonds. The van der Waals surface area contributed by atoms with Gasteiger partial charge in [0.1, 0.15) is 11.5 Å². The molecule has 3 rings (SSSR count). The molecule has 1 heterocycles. The van der Waals surface area contributed by atoms with E-state index in [1.54, 1.807) is 13.3 Å². The fraction of sp³-hybridized carbons (Fsp3) is 0.211. The number of nitrogens with zero attached hydrogens (tertiary/aromatic N) is 3. The Hall–Kier alpha value is -3.35. The SMILES string of the molecule is COc1ccc(Nc2cnnc(Nc3ccc(OC(C)C)cc3)n2)cc1. The van der Waals surface area contributed by atoms with Gasteiger partial charge in [0.25, 0.3) is 0 Å². The van der Waals surface area contributed by atoms with Crippen LogP contribution in [0.15, 0.2) is 54.7 Å². The highest BCUT2D eigenvalue weighted by atomic mass is 16.5. The van der Waals surface area contributed by atoms with Crippen molar-refractivity contribution in [3.8, 4) is 11.5 Å². The summed E-state index contributed by atoms with van der Waals surface area (Å²) in [6.45, 7) is 3.99. The zero-order chi connectivity index (χ0) is 18.4. The first-order valence-corrected chi connectivity index (χ1v) is 8.27. The van der Waals surface area contributed by atoms with Crippen molar-refractivity contribution in [2.75, 3.05) is 17.7 Å². The molecule has 0 saturated carbocycles. The average molecular weight is 351 g/mol. The summed E-state index contributed by atoms with van der Waals surface area (Å²) in [6.07, 6.45) is 1.71. The molecule has 0 bridgehead atoms. The van der Waals surface area contributed by atoms with Crippen molar-refractivity contribution >= 4 is 23.1 Å². The topological polar surface area (TPSA) is 81.2 Å². The Bertz CT molecular complexity index is 835. The molecule has 0 radical (unpaired) electrons. The van der Waals surface area contributed by atoms with Gasteiger partial charge < -0.3 is 20.1 Å². The maximum atomic E-state index is 5.63. The number of anilines is 4. The van der Waals surface area contributed by atoms with Gasteiger partial charge in [0.05, 0.1) is 19.4 Å². The maximum absolute atomic E-state index is 5.63. The third-order valence-electron chi connectivity index (χ3n) is 3.40. The van der Waals surface area contributed by atoms with E-state index in [9.17, 15) is 0 Å². The van der Waals surface area contributed by atoms with Gasteiger partial charge >= 0.3 is 0 Å². The molecule has 0 saturated heterocycles. The Kier molecular flexibility index (Phi) is 5.48. The Morgan fingerprint density at radius 1 is 0.846 bits per heavy atom. The molecule has 0 aliphatic carbocycles. The van der Waals surface area contributed by atoms with Crippen LogP contribution in [0, 0.1) is 0 Å². The number of benzene rings is 2. The number of nitrogens with one attached hydrogen (secondary N) is 2. The van der Waals surface area contributed by atoms with Gasteiger partial charge in [-0.25, -0.2) is 0 Å². The van der Waals surface area contributed by atoms with Gasteiger partial charge in [0.15, 0.2) is 5.82 Å². The fourth-order valence-electron chi connectivity index (χ4n) is 2.26. The van der Waals surface area contributed by atoms with Gasteiger partial charge in [-0.15, -0.1) is 5.10 Å². The van der Waals surface area contributed by atoms with Crippen LogP contribution in [-0.4, -0.2) is 28.4 Å². The molecule has 1 aromatic heterocycles. The molecule has 0 aliphatic rings. The summed E-state index contributed by atoms with van der Waals surface area (Å²) in [7, 11) is 1.64. The molecule has 2 N–H and O–H groups in total. The fourth-order valence-corrected chi connectivity index (χ4v) is 2.26. The zero-order valence-electron chi connectivity index (χ0n) is 14.9. The molecule has 0 fully saturated rings. The molecule has 0 spiro atoms. The number of methoxy groups -OCH3 is 1. The molecule has 134 valence electrons. The largest absolute Gasteiger partial charge is 0.497 e. The van der Waals surface area contributed by atoms with Crippen molar-refractivity contribution in [2.45, 2.75) is 20.0 Å². The van der Waals surface area contributed by atoms with Crippen LogP contribution in [0.5, 0.6) is 11.5 Å². The average Bonchev–Trinajstić information content (AvgIpc) is 2.64. The second-order valence-corrected chi connectivity index (χ2v) is 5.83. The molecule has 26 heavy (non-hydrogen) atoms. The quantitative estimate of drug-likeness (QED) is 0.661. The van der Waals surface area contributed by atoms with E-state index in [0.29, 0.717) is 11.8 Å². The lowest BCUT2D eigenvalue weighted by Gasteiger charge is -2.11. The maximum Gasteiger partial charge on any atom is 0.249 e. The van der Waals surface area contributed by atoms with E-state index in [1.807, 2.05) is 62.4 Å². The minimum atomic E-state index is 0.141. The normalized spacial score (nSPS) is 10.5. The lowest BCUT2D eigenvalue weighted by atomic mass is 10.3. The third kappa shape index (κ3) is 4.83. The van der Waals surface area contributed by atoms with Gasteiger partial charge in [0, 0.05) is 11.4 Å². The van der Waals surface area contributed by atoms with Gasteiger partial charge in [-0.1, -0.05) is 0 Å². The van der Waals surface area contributed by atoms with Crippen LogP contribution in [-0.2, 0) is 0 Å². The minimum Gasteiger partial charge on any atom is -0.497 e. The molecular formula is C19H21N5O2. The van der Waals surface area contributed by atoms with Crippen LogP contribution in [0.25, 0.3) is 0 Å². The van der Waals surface area contributed by atoms with Crippen LogP contribution in [0.2, 0.25) is 0 Å². The lowest BCUT2D eigenvalue weighted by Crippen LogP contribution is -2.05.